The van der Waals surface area contributed by atoms with Gasteiger partial charge in [-0.3, -0.25) is 4.79 Å². The Balaban J connectivity index is 1.52. The number of ether oxygens (including phenoxy) is 2. The molecule has 0 unspecified atom stereocenters. The number of nitrogens with zero attached hydrogens (tertiary/aromatic N) is 1. The number of carbonyl (C=O) groups excluding carboxylic acids is 1. The maximum atomic E-state index is 12.9. The molecule has 1 fully saturated rings. The normalized spacial score (nSPS) is 14.7. The fourth-order valence-electron chi connectivity index (χ4n) is 3.34. The van der Waals surface area contributed by atoms with Crippen molar-refractivity contribution in [2.24, 2.45) is 0 Å². The summed E-state index contributed by atoms with van der Waals surface area (Å²) in [5.74, 6) is 1.23. The van der Waals surface area contributed by atoms with E-state index < -0.39 is 17.2 Å². The Morgan fingerprint density at radius 2 is 1.71 bits per heavy atom. The van der Waals surface area contributed by atoms with Crippen LogP contribution in [0.4, 0.5) is 18.9 Å². The van der Waals surface area contributed by atoms with Gasteiger partial charge in [-0.25, -0.2) is 0 Å². The molecule has 1 aromatic heterocycles. The van der Waals surface area contributed by atoms with Crippen LogP contribution in [0, 0.1) is 0 Å². The van der Waals surface area contributed by atoms with Crippen molar-refractivity contribution >= 4 is 11.6 Å². The molecule has 4 rings (SSSR count). The molecular formula is C22H19F3N2O4. The standard InChI is InChI=1S/C22H19F3N2O4/c1-29-16-8-3-13(11-18(16)30-2)17-12-19(27-31-17)21(9-10-21)20(28)26-15-6-4-14(5-7-15)22(23,24)25/h3-8,11-12H,9-10H2,1-2H3,(H,26,28). The van der Waals surface area contributed by atoms with E-state index in [1.165, 1.54) is 26.4 Å². The Labute approximate surface area is 175 Å². The molecular weight excluding hydrogens is 413 g/mol. The summed E-state index contributed by atoms with van der Waals surface area (Å²) in [6.45, 7) is 0. The zero-order valence-electron chi connectivity index (χ0n) is 16.7. The number of rotatable bonds is 6. The smallest absolute Gasteiger partial charge is 0.416 e. The molecule has 0 radical (unpaired) electrons. The predicted octanol–water partition coefficient (Wildman–Crippen LogP) is 5.05. The van der Waals surface area contributed by atoms with Crippen LogP contribution >= 0.6 is 0 Å². The highest BCUT2D eigenvalue weighted by atomic mass is 19.4. The van der Waals surface area contributed by atoms with Gasteiger partial charge in [0, 0.05) is 17.3 Å². The van der Waals surface area contributed by atoms with Crippen molar-refractivity contribution in [2.75, 3.05) is 19.5 Å². The number of carbonyl (C=O) groups is 1. The quantitative estimate of drug-likeness (QED) is 0.590. The number of aromatic nitrogens is 1. The first kappa shape index (κ1) is 20.8. The van der Waals surface area contributed by atoms with Gasteiger partial charge >= 0.3 is 6.18 Å². The summed E-state index contributed by atoms with van der Waals surface area (Å²) in [6, 6.07) is 11.3. The molecule has 0 bridgehead atoms. The minimum absolute atomic E-state index is 0.285. The summed E-state index contributed by atoms with van der Waals surface area (Å²) < 4.78 is 54.1. The van der Waals surface area contributed by atoms with Crippen LogP contribution in [0.15, 0.2) is 53.1 Å². The number of methoxy groups -OCH3 is 2. The van der Waals surface area contributed by atoms with E-state index in [4.69, 9.17) is 14.0 Å². The molecule has 2 aromatic carbocycles. The molecule has 1 aliphatic rings. The van der Waals surface area contributed by atoms with Crippen LogP contribution in [-0.4, -0.2) is 25.3 Å². The van der Waals surface area contributed by atoms with Gasteiger partial charge in [-0.2, -0.15) is 13.2 Å². The lowest BCUT2D eigenvalue weighted by molar-refractivity contribution is -0.137. The lowest BCUT2D eigenvalue weighted by Gasteiger charge is -2.13. The van der Waals surface area contributed by atoms with E-state index in [-0.39, 0.29) is 11.6 Å². The van der Waals surface area contributed by atoms with Crippen molar-refractivity contribution in [3.63, 3.8) is 0 Å². The molecule has 1 amide bonds. The molecule has 31 heavy (non-hydrogen) atoms. The van der Waals surface area contributed by atoms with Crippen LogP contribution in [0.1, 0.15) is 24.1 Å². The molecule has 3 aromatic rings. The molecule has 0 atom stereocenters. The average Bonchev–Trinajstić information content (AvgIpc) is 3.42. The fraction of sp³-hybridized carbons (Fsp3) is 0.273. The SMILES string of the molecule is COc1ccc(-c2cc(C3(C(=O)Nc4ccc(C(F)(F)F)cc4)CC3)no2)cc1OC. The third-order valence-corrected chi connectivity index (χ3v) is 5.32. The van der Waals surface area contributed by atoms with Gasteiger partial charge in [0.2, 0.25) is 5.91 Å². The molecule has 0 spiro atoms. The van der Waals surface area contributed by atoms with Crippen molar-refractivity contribution < 1.29 is 32.0 Å². The van der Waals surface area contributed by atoms with E-state index in [1.807, 2.05) is 0 Å². The number of alkyl halides is 3. The lowest BCUT2D eigenvalue weighted by Crippen LogP contribution is -2.28. The first-order valence-corrected chi connectivity index (χ1v) is 9.45. The van der Waals surface area contributed by atoms with E-state index in [1.54, 1.807) is 24.3 Å². The molecule has 0 saturated heterocycles. The van der Waals surface area contributed by atoms with Gasteiger partial charge in [0.25, 0.3) is 0 Å². The van der Waals surface area contributed by atoms with E-state index in [9.17, 15) is 18.0 Å². The van der Waals surface area contributed by atoms with Crippen LogP contribution in [0.25, 0.3) is 11.3 Å². The fourth-order valence-corrected chi connectivity index (χ4v) is 3.34. The van der Waals surface area contributed by atoms with E-state index >= 15 is 0 Å². The van der Waals surface area contributed by atoms with Crippen LogP contribution < -0.4 is 14.8 Å². The topological polar surface area (TPSA) is 73.6 Å². The number of hydrogen-bond donors (Lipinski definition) is 1. The van der Waals surface area contributed by atoms with Crippen molar-refractivity contribution in [3.8, 4) is 22.8 Å². The van der Waals surface area contributed by atoms with Gasteiger partial charge in [-0.1, -0.05) is 5.16 Å². The molecule has 6 nitrogen and oxygen atoms in total. The van der Waals surface area contributed by atoms with Gasteiger partial charge in [-0.15, -0.1) is 0 Å². The highest BCUT2D eigenvalue weighted by Crippen LogP contribution is 2.49. The summed E-state index contributed by atoms with van der Waals surface area (Å²) in [4.78, 5) is 12.9. The van der Waals surface area contributed by atoms with Crippen LogP contribution in [0.5, 0.6) is 11.5 Å². The molecule has 162 valence electrons. The minimum Gasteiger partial charge on any atom is -0.493 e. The second-order valence-corrected chi connectivity index (χ2v) is 7.26. The molecule has 1 N–H and O–H groups in total. The van der Waals surface area contributed by atoms with Gasteiger partial charge in [0.1, 0.15) is 0 Å². The van der Waals surface area contributed by atoms with Gasteiger partial charge in [-0.05, 0) is 55.3 Å². The number of nitrogens with one attached hydrogen (secondary N) is 1. The van der Waals surface area contributed by atoms with Gasteiger partial charge in [0.15, 0.2) is 17.3 Å². The number of benzene rings is 2. The Morgan fingerprint density at radius 1 is 1.03 bits per heavy atom. The Hall–Kier alpha value is -3.49. The van der Waals surface area contributed by atoms with E-state index in [0.717, 1.165) is 12.1 Å². The Morgan fingerprint density at radius 3 is 2.29 bits per heavy atom. The number of hydrogen-bond acceptors (Lipinski definition) is 5. The first-order valence-electron chi connectivity index (χ1n) is 9.45. The summed E-state index contributed by atoms with van der Waals surface area (Å²) >= 11 is 0. The minimum atomic E-state index is -4.43. The van der Waals surface area contributed by atoms with Crippen LogP contribution in [-0.2, 0) is 16.4 Å². The zero-order valence-corrected chi connectivity index (χ0v) is 16.7. The predicted molar refractivity (Wildman–Crippen MR) is 106 cm³/mol. The van der Waals surface area contributed by atoms with Crippen molar-refractivity contribution in [3.05, 3.63) is 59.8 Å². The second kappa shape index (κ2) is 7.64. The van der Waals surface area contributed by atoms with Crippen molar-refractivity contribution in [1.82, 2.24) is 5.16 Å². The summed E-state index contributed by atoms with van der Waals surface area (Å²) in [6.07, 6.45) is -3.30. The largest absolute Gasteiger partial charge is 0.493 e. The van der Waals surface area contributed by atoms with E-state index in [0.29, 0.717) is 41.4 Å². The molecule has 0 aliphatic heterocycles. The van der Waals surface area contributed by atoms with Crippen LogP contribution in [0.3, 0.4) is 0 Å². The number of anilines is 1. The summed E-state index contributed by atoms with van der Waals surface area (Å²) in [5.41, 5.74) is -0.172. The monoisotopic (exact) mass is 432 g/mol. The molecule has 1 aliphatic carbocycles. The van der Waals surface area contributed by atoms with E-state index in [2.05, 4.69) is 10.5 Å². The maximum absolute atomic E-state index is 12.9. The third kappa shape index (κ3) is 3.95. The zero-order chi connectivity index (χ0) is 22.2. The number of halogens is 3. The molecule has 9 heteroatoms. The first-order chi connectivity index (χ1) is 14.8. The van der Waals surface area contributed by atoms with Crippen LogP contribution in [0.2, 0.25) is 0 Å². The Kier molecular flexibility index (Phi) is 5.12. The highest BCUT2D eigenvalue weighted by Gasteiger charge is 2.54. The Bertz CT molecular complexity index is 1100. The third-order valence-electron chi connectivity index (χ3n) is 5.32. The van der Waals surface area contributed by atoms with Gasteiger partial charge in [0.05, 0.1) is 30.9 Å². The highest BCUT2D eigenvalue weighted by molar-refractivity contribution is 6.01. The molecule has 1 saturated carbocycles. The average molecular weight is 432 g/mol. The summed E-state index contributed by atoms with van der Waals surface area (Å²) in [5, 5.41) is 6.76. The number of amides is 1. The van der Waals surface area contributed by atoms with Crippen molar-refractivity contribution in [2.45, 2.75) is 24.4 Å². The molecule has 1 heterocycles. The maximum Gasteiger partial charge on any atom is 0.416 e. The van der Waals surface area contributed by atoms with Gasteiger partial charge < -0.3 is 19.3 Å². The lowest BCUT2D eigenvalue weighted by atomic mass is 10.00. The van der Waals surface area contributed by atoms with Crippen molar-refractivity contribution in [1.29, 1.82) is 0 Å². The second-order valence-electron chi connectivity index (χ2n) is 7.26. The summed E-state index contributed by atoms with van der Waals surface area (Å²) in [7, 11) is 3.06.